The fourth-order valence-corrected chi connectivity index (χ4v) is 1.94. The van der Waals surface area contributed by atoms with Crippen LogP contribution in [0, 0.1) is 0 Å². The lowest BCUT2D eigenvalue weighted by Crippen LogP contribution is -1.88. The predicted octanol–water partition coefficient (Wildman–Crippen LogP) is 2.94. The highest BCUT2D eigenvalue weighted by molar-refractivity contribution is 5.88. The smallest absolute Gasteiger partial charge is 0.127 e. The van der Waals surface area contributed by atoms with Crippen molar-refractivity contribution in [3.8, 4) is 22.9 Å². The second-order valence-electron chi connectivity index (χ2n) is 3.99. The molecule has 3 aromatic rings. The minimum atomic E-state index is 0.215. The van der Waals surface area contributed by atoms with E-state index in [4.69, 9.17) is 4.74 Å². The molecule has 0 aliphatic heterocycles. The molecule has 0 saturated carbocycles. The second-order valence-corrected chi connectivity index (χ2v) is 3.99. The number of pyridine rings is 1. The summed E-state index contributed by atoms with van der Waals surface area (Å²) in [6, 6.07) is 10.9. The summed E-state index contributed by atoms with van der Waals surface area (Å²) in [5.41, 5.74) is 2.28. The molecule has 4 nitrogen and oxygen atoms in total. The normalized spacial score (nSPS) is 10.7. The van der Waals surface area contributed by atoms with Crippen LogP contribution in [0.5, 0.6) is 11.5 Å². The Bertz CT molecular complexity index is 690. The summed E-state index contributed by atoms with van der Waals surface area (Å²) in [5, 5.41) is 10.7. The second kappa shape index (κ2) is 4.07. The lowest BCUT2D eigenvalue weighted by atomic mass is 10.1. The van der Waals surface area contributed by atoms with Crippen molar-refractivity contribution < 1.29 is 9.84 Å². The van der Waals surface area contributed by atoms with Crippen LogP contribution in [0.2, 0.25) is 0 Å². The maximum absolute atomic E-state index is 10.0. The van der Waals surface area contributed by atoms with Crippen LogP contribution < -0.4 is 4.74 Å². The Morgan fingerprint density at radius 3 is 2.83 bits per heavy atom. The summed E-state index contributed by atoms with van der Waals surface area (Å²) in [6.45, 7) is 0. The molecular weight excluding hydrogens is 228 g/mol. The van der Waals surface area contributed by atoms with E-state index in [1.807, 2.05) is 24.4 Å². The molecule has 0 amide bonds. The van der Waals surface area contributed by atoms with Gasteiger partial charge in [-0.2, -0.15) is 0 Å². The molecule has 0 bridgehead atoms. The van der Waals surface area contributed by atoms with Gasteiger partial charge in [0.1, 0.15) is 11.5 Å². The molecule has 2 aromatic heterocycles. The van der Waals surface area contributed by atoms with Gasteiger partial charge in [-0.15, -0.1) is 0 Å². The first kappa shape index (κ1) is 10.7. The molecule has 2 N–H and O–H groups in total. The zero-order chi connectivity index (χ0) is 12.5. The van der Waals surface area contributed by atoms with Gasteiger partial charge < -0.3 is 14.8 Å². The molecule has 0 spiro atoms. The standard InChI is InChI=1S/C14H12N2O2/c1-18-9-4-5-10-12(7-9)16-13(8-14(10)17)11-3-2-6-15-11/h2-8,15H,1H3,(H,16,17). The van der Waals surface area contributed by atoms with Crippen LogP contribution in [0.15, 0.2) is 42.6 Å². The number of H-pyrrole nitrogens is 1. The third-order valence-electron chi connectivity index (χ3n) is 2.87. The molecule has 0 aliphatic rings. The van der Waals surface area contributed by atoms with Gasteiger partial charge in [0.2, 0.25) is 0 Å². The van der Waals surface area contributed by atoms with E-state index in [9.17, 15) is 5.11 Å². The number of ether oxygens (including phenoxy) is 1. The van der Waals surface area contributed by atoms with Gasteiger partial charge in [0.25, 0.3) is 0 Å². The largest absolute Gasteiger partial charge is 0.507 e. The van der Waals surface area contributed by atoms with E-state index in [0.29, 0.717) is 16.6 Å². The van der Waals surface area contributed by atoms with E-state index < -0.39 is 0 Å². The number of nitrogens with one attached hydrogen (secondary N) is 1. The highest BCUT2D eigenvalue weighted by Gasteiger charge is 2.08. The van der Waals surface area contributed by atoms with Crippen LogP contribution in [0.4, 0.5) is 0 Å². The number of benzene rings is 1. The number of hydrogen-bond donors (Lipinski definition) is 2. The SMILES string of the molecule is COc1ccc2c(O)cc(-c3ccc[nH]3)nc2c1. The lowest BCUT2D eigenvalue weighted by Gasteiger charge is -2.06. The number of aromatic hydroxyl groups is 1. The number of aromatic amines is 1. The van der Waals surface area contributed by atoms with Crippen molar-refractivity contribution in [2.24, 2.45) is 0 Å². The topological polar surface area (TPSA) is 58.1 Å². The van der Waals surface area contributed by atoms with Gasteiger partial charge in [-0.1, -0.05) is 0 Å². The van der Waals surface area contributed by atoms with Gasteiger partial charge in [0, 0.05) is 23.7 Å². The highest BCUT2D eigenvalue weighted by Crippen LogP contribution is 2.30. The first-order valence-electron chi connectivity index (χ1n) is 5.59. The Labute approximate surface area is 104 Å². The molecule has 18 heavy (non-hydrogen) atoms. The predicted molar refractivity (Wildman–Crippen MR) is 69.7 cm³/mol. The van der Waals surface area contributed by atoms with E-state index in [-0.39, 0.29) is 5.75 Å². The summed E-state index contributed by atoms with van der Waals surface area (Å²) >= 11 is 0. The minimum absolute atomic E-state index is 0.215. The van der Waals surface area contributed by atoms with Crippen molar-refractivity contribution in [1.29, 1.82) is 0 Å². The van der Waals surface area contributed by atoms with Crippen molar-refractivity contribution in [1.82, 2.24) is 9.97 Å². The van der Waals surface area contributed by atoms with Gasteiger partial charge >= 0.3 is 0 Å². The van der Waals surface area contributed by atoms with E-state index in [0.717, 1.165) is 11.4 Å². The van der Waals surface area contributed by atoms with Crippen LogP contribution in [-0.2, 0) is 0 Å². The van der Waals surface area contributed by atoms with Gasteiger partial charge in [-0.3, -0.25) is 0 Å². The van der Waals surface area contributed by atoms with Gasteiger partial charge in [0.15, 0.2) is 0 Å². The molecule has 2 heterocycles. The molecule has 3 rings (SSSR count). The van der Waals surface area contributed by atoms with E-state index >= 15 is 0 Å². The maximum atomic E-state index is 10.0. The van der Waals surface area contributed by atoms with E-state index in [2.05, 4.69) is 9.97 Å². The molecule has 0 radical (unpaired) electrons. The molecule has 4 heteroatoms. The molecule has 0 atom stereocenters. The minimum Gasteiger partial charge on any atom is -0.507 e. The zero-order valence-corrected chi connectivity index (χ0v) is 9.84. The fraction of sp³-hybridized carbons (Fsp3) is 0.0714. The summed E-state index contributed by atoms with van der Waals surface area (Å²) < 4.78 is 5.16. The lowest BCUT2D eigenvalue weighted by molar-refractivity contribution is 0.415. The summed E-state index contributed by atoms with van der Waals surface area (Å²) in [7, 11) is 1.61. The van der Waals surface area contributed by atoms with Crippen molar-refractivity contribution >= 4 is 10.9 Å². The van der Waals surface area contributed by atoms with Crippen molar-refractivity contribution in [2.75, 3.05) is 7.11 Å². The van der Waals surface area contributed by atoms with Crippen LogP contribution in [0.25, 0.3) is 22.3 Å². The Morgan fingerprint density at radius 2 is 2.11 bits per heavy atom. The van der Waals surface area contributed by atoms with Crippen molar-refractivity contribution in [3.63, 3.8) is 0 Å². The molecule has 0 fully saturated rings. The van der Waals surface area contributed by atoms with Crippen molar-refractivity contribution in [2.45, 2.75) is 0 Å². The van der Waals surface area contributed by atoms with Crippen LogP contribution in [-0.4, -0.2) is 22.2 Å². The Hall–Kier alpha value is -2.49. The van der Waals surface area contributed by atoms with Gasteiger partial charge in [-0.25, -0.2) is 4.98 Å². The first-order chi connectivity index (χ1) is 8.78. The number of nitrogens with zero attached hydrogens (tertiary/aromatic N) is 1. The van der Waals surface area contributed by atoms with Crippen LogP contribution in [0.3, 0.4) is 0 Å². The van der Waals surface area contributed by atoms with Gasteiger partial charge in [-0.05, 0) is 24.3 Å². The fourth-order valence-electron chi connectivity index (χ4n) is 1.94. The summed E-state index contributed by atoms with van der Waals surface area (Å²) in [5.74, 6) is 0.935. The van der Waals surface area contributed by atoms with Crippen molar-refractivity contribution in [3.05, 3.63) is 42.6 Å². The summed E-state index contributed by atoms with van der Waals surface area (Å²) in [4.78, 5) is 7.58. The van der Waals surface area contributed by atoms with Crippen LogP contribution in [0.1, 0.15) is 0 Å². The molecule has 1 aromatic carbocycles. The third kappa shape index (κ3) is 1.68. The van der Waals surface area contributed by atoms with E-state index in [1.54, 1.807) is 25.3 Å². The monoisotopic (exact) mass is 240 g/mol. The number of rotatable bonds is 2. The highest BCUT2D eigenvalue weighted by atomic mass is 16.5. The average Bonchev–Trinajstić information content (AvgIpc) is 2.91. The molecule has 0 aliphatic carbocycles. The van der Waals surface area contributed by atoms with E-state index in [1.165, 1.54) is 0 Å². The number of fused-ring (bicyclic) bond motifs is 1. The number of methoxy groups -OCH3 is 1. The Morgan fingerprint density at radius 1 is 1.22 bits per heavy atom. The Kier molecular flexibility index (Phi) is 2.41. The Balaban J connectivity index is 2.24. The maximum Gasteiger partial charge on any atom is 0.127 e. The molecular formula is C14H12N2O2. The third-order valence-corrected chi connectivity index (χ3v) is 2.87. The molecule has 0 unspecified atom stereocenters. The number of hydrogen-bond acceptors (Lipinski definition) is 3. The molecule has 0 saturated heterocycles. The van der Waals surface area contributed by atoms with Gasteiger partial charge in [0.05, 0.1) is 24.0 Å². The number of aromatic nitrogens is 2. The quantitative estimate of drug-likeness (QED) is 0.724. The average molecular weight is 240 g/mol. The molecule has 90 valence electrons. The zero-order valence-electron chi connectivity index (χ0n) is 9.84. The summed E-state index contributed by atoms with van der Waals surface area (Å²) in [6.07, 6.45) is 1.82. The van der Waals surface area contributed by atoms with Crippen LogP contribution >= 0.6 is 0 Å². The first-order valence-corrected chi connectivity index (χ1v) is 5.59.